The van der Waals surface area contributed by atoms with Crippen LogP contribution in [0.4, 0.5) is 14.6 Å². The van der Waals surface area contributed by atoms with Crippen molar-refractivity contribution >= 4 is 39.0 Å². The molecule has 0 spiro atoms. The first-order valence-corrected chi connectivity index (χ1v) is 9.44. The van der Waals surface area contributed by atoms with Gasteiger partial charge in [-0.25, -0.2) is 17.2 Å². The second kappa shape index (κ2) is 7.22. The Morgan fingerprint density at radius 1 is 1.08 bits per heavy atom. The van der Waals surface area contributed by atoms with Gasteiger partial charge in [-0.1, -0.05) is 29.3 Å². The van der Waals surface area contributed by atoms with Gasteiger partial charge in [0.1, 0.15) is 16.5 Å². The van der Waals surface area contributed by atoms with Crippen LogP contribution in [0.15, 0.2) is 53.6 Å². The molecule has 0 saturated carbocycles. The van der Waals surface area contributed by atoms with Gasteiger partial charge in [0.05, 0.1) is 6.54 Å². The predicted molar refractivity (Wildman–Crippen MR) is 95.0 cm³/mol. The molecule has 0 amide bonds. The Balaban J connectivity index is 1.79. The molecule has 0 unspecified atom stereocenters. The highest BCUT2D eigenvalue weighted by atomic mass is 35.5. The maximum Gasteiger partial charge on any atom is 0.266 e. The van der Waals surface area contributed by atoms with Crippen molar-refractivity contribution in [1.29, 1.82) is 0 Å². The second-order valence-corrected chi connectivity index (χ2v) is 7.81. The Labute approximate surface area is 158 Å². The summed E-state index contributed by atoms with van der Waals surface area (Å²) in [4.78, 5) is -0.672. The molecule has 0 saturated heterocycles. The minimum absolute atomic E-state index is 0.0150. The third kappa shape index (κ3) is 4.14. The van der Waals surface area contributed by atoms with Crippen LogP contribution in [0, 0.1) is 11.6 Å². The molecule has 10 heteroatoms. The van der Waals surface area contributed by atoms with Crippen molar-refractivity contribution in [3.63, 3.8) is 0 Å². The van der Waals surface area contributed by atoms with Crippen LogP contribution >= 0.6 is 23.2 Å². The lowest BCUT2D eigenvalue weighted by atomic mass is 10.2. The first kappa shape index (κ1) is 18.6. The minimum Gasteiger partial charge on any atom is -0.266 e. The molecule has 136 valence electrons. The monoisotopic (exact) mass is 417 g/mol. The highest BCUT2D eigenvalue weighted by molar-refractivity contribution is 7.92. The van der Waals surface area contributed by atoms with Gasteiger partial charge in [0.25, 0.3) is 10.0 Å². The largest absolute Gasteiger partial charge is 0.266 e. The molecule has 1 heterocycles. The smallest absolute Gasteiger partial charge is 0.266 e. The number of rotatable bonds is 5. The van der Waals surface area contributed by atoms with Crippen molar-refractivity contribution in [3.8, 4) is 0 Å². The summed E-state index contributed by atoms with van der Waals surface area (Å²) in [5.74, 6) is -2.07. The van der Waals surface area contributed by atoms with E-state index in [0.29, 0.717) is 16.1 Å². The number of nitrogens with zero attached hydrogens (tertiary/aromatic N) is 2. The van der Waals surface area contributed by atoms with E-state index in [9.17, 15) is 17.2 Å². The fourth-order valence-electron chi connectivity index (χ4n) is 2.21. The SMILES string of the molecule is O=S(=O)(Nc1ccn(Cc2ccc(Cl)cc2Cl)n1)c1ccc(F)cc1F. The van der Waals surface area contributed by atoms with Gasteiger partial charge in [0, 0.05) is 28.4 Å². The number of benzene rings is 2. The summed E-state index contributed by atoms with van der Waals surface area (Å²) in [6.45, 7) is 0.280. The molecule has 2 aromatic carbocycles. The van der Waals surface area contributed by atoms with Crippen LogP contribution in [0.5, 0.6) is 0 Å². The number of halogens is 4. The molecule has 0 aliphatic heterocycles. The molecule has 3 rings (SSSR count). The van der Waals surface area contributed by atoms with Gasteiger partial charge >= 0.3 is 0 Å². The molecule has 3 aromatic rings. The first-order chi connectivity index (χ1) is 12.2. The molecule has 0 bridgehead atoms. The molecule has 5 nitrogen and oxygen atoms in total. The van der Waals surface area contributed by atoms with Crippen molar-refractivity contribution in [2.45, 2.75) is 11.4 Å². The lowest BCUT2D eigenvalue weighted by Gasteiger charge is -2.07. The Bertz CT molecular complexity index is 1070. The lowest BCUT2D eigenvalue weighted by Crippen LogP contribution is -2.15. The van der Waals surface area contributed by atoms with Crippen molar-refractivity contribution in [3.05, 3.63) is 75.9 Å². The number of anilines is 1. The van der Waals surface area contributed by atoms with Gasteiger partial charge in [-0.2, -0.15) is 5.10 Å². The molecular formula is C16H11Cl2F2N3O2S. The quantitative estimate of drug-likeness (QED) is 0.672. The molecule has 0 atom stereocenters. The Morgan fingerprint density at radius 3 is 2.54 bits per heavy atom. The van der Waals surface area contributed by atoms with Crippen LogP contribution < -0.4 is 4.72 Å². The summed E-state index contributed by atoms with van der Waals surface area (Å²) in [7, 11) is -4.25. The van der Waals surface area contributed by atoms with Gasteiger partial charge in [0.2, 0.25) is 0 Å². The molecule has 1 aromatic heterocycles. The summed E-state index contributed by atoms with van der Waals surface area (Å²) in [5, 5.41) is 5.01. The van der Waals surface area contributed by atoms with Gasteiger partial charge in [-0.3, -0.25) is 9.40 Å². The zero-order valence-electron chi connectivity index (χ0n) is 13.0. The van der Waals surface area contributed by atoms with Crippen LogP contribution in [0.2, 0.25) is 10.0 Å². The predicted octanol–water partition coefficient (Wildman–Crippen LogP) is 4.32. The number of sulfonamides is 1. The van der Waals surface area contributed by atoms with Gasteiger partial charge in [-0.05, 0) is 29.8 Å². The number of hydrogen-bond acceptors (Lipinski definition) is 3. The molecule has 1 N–H and O–H groups in total. The van der Waals surface area contributed by atoms with E-state index in [4.69, 9.17) is 23.2 Å². The highest BCUT2D eigenvalue weighted by Crippen LogP contribution is 2.22. The average molecular weight is 418 g/mol. The number of hydrogen-bond donors (Lipinski definition) is 1. The third-order valence-electron chi connectivity index (χ3n) is 3.41. The molecule has 26 heavy (non-hydrogen) atoms. The Hall–Kier alpha value is -2.16. The van der Waals surface area contributed by atoms with Crippen LogP contribution in [0.25, 0.3) is 0 Å². The topological polar surface area (TPSA) is 64.0 Å². The molecule has 0 radical (unpaired) electrons. The average Bonchev–Trinajstić information content (AvgIpc) is 2.96. The zero-order valence-corrected chi connectivity index (χ0v) is 15.3. The van der Waals surface area contributed by atoms with E-state index in [0.717, 1.165) is 17.7 Å². The van der Waals surface area contributed by atoms with Crippen molar-refractivity contribution < 1.29 is 17.2 Å². The number of aromatic nitrogens is 2. The molecular weight excluding hydrogens is 407 g/mol. The lowest BCUT2D eigenvalue weighted by molar-refractivity contribution is 0.551. The first-order valence-electron chi connectivity index (χ1n) is 7.20. The molecule has 0 fully saturated rings. The summed E-state index contributed by atoms with van der Waals surface area (Å²) >= 11 is 11.9. The summed E-state index contributed by atoms with van der Waals surface area (Å²) in [5.41, 5.74) is 0.734. The zero-order chi connectivity index (χ0) is 18.9. The summed E-state index contributed by atoms with van der Waals surface area (Å²) < 4.78 is 54.7. The van der Waals surface area contributed by atoms with Crippen molar-refractivity contribution in [2.24, 2.45) is 0 Å². The maximum absolute atomic E-state index is 13.7. The van der Waals surface area contributed by atoms with E-state index >= 15 is 0 Å². The van der Waals surface area contributed by atoms with Gasteiger partial charge in [-0.15, -0.1) is 0 Å². The van der Waals surface area contributed by atoms with E-state index in [1.165, 1.54) is 16.9 Å². The molecule has 0 aliphatic rings. The Kier molecular flexibility index (Phi) is 5.17. The summed E-state index contributed by atoms with van der Waals surface area (Å²) in [6, 6.07) is 8.59. The van der Waals surface area contributed by atoms with Gasteiger partial charge < -0.3 is 0 Å². The van der Waals surface area contributed by atoms with E-state index in [2.05, 4.69) is 9.82 Å². The fourth-order valence-corrected chi connectivity index (χ4v) is 3.74. The Morgan fingerprint density at radius 2 is 1.85 bits per heavy atom. The van der Waals surface area contributed by atoms with E-state index < -0.39 is 26.6 Å². The summed E-state index contributed by atoms with van der Waals surface area (Å²) in [6.07, 6.45) is 1.53. The van der Waals surface area contributed by atoms with Gasteiger partial charge in [0.15, 0.2) is 5.82 Å². The van der Waals surface area contributed by atoms with Crippen LogP contribution in [0.3, 0.4) is 0 Å². The normalized spacial score (nSPS) is 11.5. The third-order valence-corrected chi connectivity index (χ3v) is 5.39. The maximum atomic E-state index is 13.7. The number of nitrogens with one attached hydrogen (secondary N) is 1. The van der Waals surface area contributed by atoms with E-state index in [-0.39, 0.29) is 12.4 Å². The molecule has 0 aliphatic carbocycles. The van der Waals surface area contributed by atoms with E-state index in [1.807, 2.05) is 0 Å². The minimum atomic E-state index is -4.25. The second-order valence-electron chi connectivity index (χ2n) is 5.31. The fraction of sp³-hybridized carbons (Fsp3) is 0.0625. The standard InChI is InChI=1S/C16H11Cl2F2N3O2S/c17-11-2-1-10(13(18)7-11)9-23-6-5-16(21-23)22-26(24,25)15-4-3-12(19)8-14(15)20/h1-8H,9H2,(H,21,22). The van der Waals surface area contributed by atoms with Crippen molar-refractivity contribution in [2.75, 3.05) is 4.72 Å². The van der Waals surface area contributed by atoms with Crippen LogP contribution in [0.1, 0.15) is 5.56 Å². The van der Waals surface area contributed by atoms with Crippen LogP contribution in [-0.2, 0) is 16.6 Å². The van der Waals surface area contributed by atoms with E-state index in [1.54, 1.807) is 18.2 Å². The van der Waals surface area contributed by atoms with Crippen molar-refractivity contribution in [1.82, 2.24) is 9.78 Å². The van der Waals surface area contributed by atoms with Crippen LogP contribution in [-0.4, -0.2) is 18.2 Å². The highest BCUT2D eigenvalue weighted by Gasteiger charge is 2.20.